The van der Waals surface area contributed by atoms with Gasteiger partial charge in [-0.05, 0) is 29.3 Å². The van der Waals surface area contributed by atoms with E-state index >= 15 is 0 Å². The minimum atomic E-state index is -0.236. The van der Waals surface area contributed by atoms with Crippen LogP contribution in [0.1, 0.15) is 23.4 Å². The Hall–Kier alpha value is -3.45. The lowest BCUT2D eigenvalue weighted by Gasteiger charge is -2.11. The molecule has 0 saturated heterocycles. The van der Waals surface area contributed by atoms with Crippen molar-refractivity contribution in [2.24, 2.45) is 0 Å². The first-order chi connectivity index (χ1) is 14.2. The molecule has 0 saturated carbocycles. The second-order valence-electron chi connectivity index (χ2n) is 6.73. The largest absolute Gasteiger partial charge is 0.264 e. The van der Waals surface area contributed by atoms with Crippen LogP contribution in [0, 0.1) is 5.82 Å². The molecule has 0 radical (unpaired) electrons. The Labute approximate surface area is 170 Å². The average Bonchev–Trinajstić information content (AvgIpc) is 3.35. The number of nitrogens with zero attached hydrogens (tertiary/aromatic N) is 5. The fourth-order valence-corrected chi connectivity index (χ4v) is 4.19. The van der Waals surface area contributed by atoms with Crippen LogP contribution in [0.5, 0.6) is 0 Å². The van der Waals surface area contributed by atoms with E-state index in [0.717, 1.165) is 21.7 Å². The van der Waals surface area contributed by atoms with Gasteiger partial charge in [0.1, 0.15) is 10.8 Å². The second kappa shape index (κ2) is 7.18. The minimum Gasteiger partial charge on any atom is -0.264 e. The van der Waals surface area contributed by atoms with Crippen molar-refractivity contribution in [2.75, 3.05) is 0 Å². The summed E-state index contributed by atoms with van der Waals surface area (Å²) in [4.78, 5) is 4.83. The van der Waals surface area contributed by atoms with Gasteiger partial charge in [-0.25, -0.2) is 4.39 Å². The van der Waals surface area contributed by atoms with Gasteiger partial charge in [-0.3, -0.25) is 4.98 Å². The quantitative estimate of drug-likeness (QED) is 0.415. The SMILES string of the molecule is CC(c1ccc(-c2ccccc2)c(F)c1)c1nn2c(-c3cccnc3)nnc2s1. The topological polar surface area (TPSA) is 56.0 Å². The highest BCUT2D eigenvalue weighted by atomic mass is 32.1. The van der Waals surface area contributed by atoms with Crippen LogP contribution in [-0.2, 0) is 0 Å². The summed E-state index contributed by atoms with van der Waals surface area (Å²) in [5.41, 5.74) is 3.18. The maximum atomic E-state index is 14.8. The Bertz CT molecular complexity index is 1280. The Balaban J connectivity index is 1.49. The fourth-order valence-electron chi connectivity index (χ4n) is 3.28. The third-order valence-electron chi connectivity index (χ3n) is 4.87. The summed E-state index contributed by atoms with van der Waals surface area (Å²) in [7, 11) is 0. The highest BCUT2D eigenvalue weighted by molar-refractivity contribution is 7.16. The molecule has 3 aromatic heterocycles. The van der Waals surface area contributed by atoms with E-state index in [1.165, 1.54) is 11.3 Å². The number of rotatable bonds is 4. The first-order valence-electron chi connectivity index (χ1n) is 9.18. The molecular weight excluding hydrogens is 385 g/mol. The number of halogens is 1. The third-order valence-corrected chi connectivity index (χ3v) is 5.96. The molecule has 0 aliphatic carbocycles. The molecule has 142 valence electrons. The monoisotopic (exact) mass is 401 g/mol. The summed E-state index contributed by atoms with van der Waals surface area (Å²) in [5, 5.41) is 14.0. The molecule has 5 nitrogen and oxygen atoms in total. The van der Waals surface area contributed by atoms with E-state index < -0.39 is 0 Å². The molecule has 0 spiro atoms. The van der Waals surface area contributed by atoms with E-state index in [0.29, 0.717) is 16.3 Å². The molecule has 0 amide bonds. The van der Waals surface area contributed by atoms with Crippen LogP contribution in [0.25, 0.3) is 27.5 Å². The van der Waals surface area contributed by atoms with E-state index in [2.05, 4.69) is 15.2 Å². The van der Waals surface area contributed by atoms with E-state index in [-0.39, 0.29) is 11.7 Å². The zero-order valence-electron chi connectivity index (χ0n) is 15.5. The van der Waals surface area contributed by atoms with Gasteiger partial charge in [0.15, 0.2) is 5.82 Å². The highest BCUT2D eigenvalue weighted by Gasteiger charge is 2.19. The summed E-state index contributed by atoms with van der Waals surface area (Å²) >= 11 is 1.46. The fraction of sp³-hybridized carbons (Fsp3) is 0.0909. The van der Waals surface area contributed by atoms with Crippen LogP contribution in [-0.4, -0.2) is 24.8 Å². The Kier molecular flexibility index (Phi) is 4.37. The first kappa shape index (κ1) is 17.6. The first-order valence-corrected chi connectivity index (χ1v) is 10.00. The number of aromatic nitrogens is 5. The molecule has 0 bridgehead atoms. The lowest BCUT2D eigenvalue weighted by Crippen LogP contribution is -1.99. The molecule has 29 heavy (non-hydrogen) atoms. The van der Waals surface area contributed by atoms with Gasteiger partial charge in [-0.15, -0.1) is 10.2 Å². The predicted octanol–water partition coefficient (Wildman–Crippen LogP) is 5.21. The van der Waals surface area contributed by atoms with Crippen LogP contribution in [0.2, 0.25) is 0 Å². The molecule has 3 heterocycles. The number of benzene rings is 2. The van der Waals surface area contributed by atoms with Crippen molar-refractivity contribution >= 4 is 16.3 Å². The maximum absolute atomic E-state index is 14.8. The molecule has 5 rings (SSSR count). The highest BCUT2D eigenvalue weighted by Crippen LogP contribution is 2.32. The molecule has 0 fully saturated rings. The summed E-state index contributed by atoms with van der Waals surface area (Å²) in [6.45, 7) is 2.02. The smallest absolute Gasteiger partial charge is 0.234 e. The molecule has 5 aromatic rings. The van der Waals surface area contributed by atoms with Crippen LogP contribution in [0.4, 0.5) is 4.39 Å². The van der Waals surface area contributed by atoms with Crippen LogP contribution in [0.3, 0.4) is 0 Å². The Morgan fingerprint density at radius 2 is 1.79 bits per heavy atom. The zero-order valence-corrected chi connectivity index (χ0v) is 16.3. The van der Waals surface area contributed by atoms with E-state index in [1.807, 2.05) is 61.5 Å². The Morgan fingerprint density at radius 1 is 0.966 bits per heavy atom. The van der Waals surface area contributed by atoms with Crippen molar-refractivity contribution in [1.82, 2.24) is 24.8 Å². The van der Waals surface area contributed by atoms with Crippen molar-refractivity contribution in [3.05, 3.63) is 89.4 Å². The summed E-state index contributed by atoms with van der Waals surface area (Å²) in [6.07, 6.45) is 3.44. The molecule has 0 aliphatic rings. The van der Waals surface area contributed by atoms with Gasteiger partial charge in [0.2, 0.25) is 4.96 Å². The van der Waals surface area contributed by atoms with Crippen LogP contribution >= 0.6 is 11.3 Å². The third kappa shape index (κ3) is 3.19. The summed E-state index contributed by atoms with van der Waals surface area (Å²) < 4.78 is 16.5. The molecule has 2 aromatic carbocycles. The number of hydrogen-bond donors (Lipinski definition) is 0. The summed E-state index contributed by atoms with van der Waals surface area (Å²) in [6, 6.07) is 18.7. The summed E-state index contributed by atoms with van der Waals surface area (Å²) in [5.74, 6) is 0.343. The van der Waals surface area contributed by atoms with Crippen molar-refractivity contribution < 1.29 is 4.39 Å². The van der Waals surface area contributed by atoms with Crippen molar-refractivity contribution in [3.8, 4) is 22.5 Å². The van der Waals surface area contributed by atoms with Gasteiger partial charge in [0.05, 0.1) is 0 Å². The molecule has 0 N–H and O–H groups in total. The van der Waals surface area contributed by atoms with E-state index in [1.54, 1.807) is 23.0 Å². The van der Waals surface area contributed by atoms with Crippen molar-refractivity contribution in [3.63, 3.8) is 0 Å². The van der Waals surface area contributed by atoms with Crippen LogP contribution in [0.15, 0.2) is 73.1 Å². The number of hydrogen-bond acceptors (Lipinski definition) is 5. The molecule has 0 aliphatic heterocycles. The number of fused-ring (bicyclic) bond motifs is 1. The molecule has 7 heteroatoms. The molecule has 1 unspecified atom stereocenters. The molecule has 1 atom stereocenters. The van der Waals surface area contributed by atoms with Gasteiger partial charge in [0, 0.05) is 29.4 Å². The van der Waals surface area contributed by atoms with E-state index in [9.17, 15) is 4.39 Å². The van der Waals surface area contributed by atoms with Gasteiger partial charge in [-0.1, -0.05) is 60.7 Å². The standard InChI is InChI=1S/C22H16FN5S/c1-14(16-9-10-18(19(23)12-16)15-6-3-2-4-7-15)21-27-28-20(25-26-22(28)29-21)17-8-5-11-24-13-17/h2-14H,1H3. The van der Waals surface area contributed by atoms with Gasteiger partial charge in [0.25, 0.3) is 0 Å². The van der Waals surface area contributed by atoms with E-state index in [4.69, 9.17) is 5.10 Å². The predicted molar refractivity (Wildman–Crippen MR) is 111 cm³/mol. The van der Waals surface area contributed by atoms with Gasteiger partial charge in [-0.2, -0.15) is 9.61 Å². The van der Waals surface area contributed by atoms with Gasteiger partial charge >= 0.3 is 0 Å². The lowest BCUT2D eigenvalue weighted by atomic mass is 9.97. The van der Waals surface area contributed by atoms with Crippen LogP contribution < -0.4 is 0 Å². The Morgan fingerprint density at radius 3 is 2.55 bits per heavy atom. The zero-order chi connectivity index (χ0) is 19.8. The molecular formula is C22H16FN5S. The van der Waals surface area contributed by atoms with Crippen molar-refractivity contribution in [1.29, 1.82) is 0 Å². The second-order valence-corrected chi connectivity index (χ2v) is 7.71. The van der Waals surface area contributed by atoms with Crippen molar-refractivity contribution in [2.45, 2.75) is 12.8 Å². The average molecular weight is 401 g/mol. The van der Waals surface area contributed by atoms with Gasteiger partial charge < -0.3 is 0 Å². The lowest BCUT2D eigenvalue weighted by molar-refractivity contribution is 0.627. The maximum Gasteiger partial charge on any atom is 0.234 e. The normalized spacial score (nSPS) is 12.3. The minimum absolute atomic E-state index is 0.0669. The number of pyridine rings is 1.